The normalized spacial score (nSPS) is 10.5. The highest BCUT2D eigenvalue weighted by Crippen LogP contribution is 2.30. The summed E-state index contributed by atoms with van der Waals surface area (Å²) in [5, 5.41) is 14.8. The molecule has 2 heterocycles. The highest BCUT2D eigenvalue weighted by Gasteiger charge is 2.17. The lowest BCUT2D eigenvalue weighted by Gasteiger charge is -1.97. The molecule has 0 aliphatic carbocycles. The number of nitrogens with zero attached hydrogens (tertiary/aromatic N) is 4. The Bertz CT molecular complexity index is 804. The van der Waals surface area contributed by atoms with Gasteiger partial charge >= 0.3 is 0 Å². The zero-order chi connectivity index (χ0) is 14.8. The minimum Gasteiger partial charge on any atom is -0.334 e. The smallest absolute Gasteiger partial charge is 0.288 e. The summed E-state index contributed by atoms with van der Waals surface area (Å²) < 4.78 is 5.14. The highest BCUT2D eigenvalue weighted by atomic mass is 35.5. The van der Waals surface area contributed by atoms with Crippen LogP contribution in [0, 0.1) is 10.1 Å². The molecule has 7 nitrogen and oxygen atoms in total. The van der Waals surface area contributed by atoms with Crippen molar-refractivity contribution in [3.05, 3.63) is 57.9 Å². The van der Waals surface area contributed by atoms with Gasteiger partial charge < -0.3 is 4.52 Å². The van der Waals surface area contributed by atoms with E-state index in [9.17, 15) is 10.1 Å². The molecular weight excluding hydrogens is 296 g/mol. The van der Waals surface area contributed by atoms with Crippen LogP contribution in [0.3, 0.4) is 0 Å². The van der Waals surface area contributed by atoms with Crippen molar-refractivity contribution in [3.8, 4) is 22.8 Å². The highest BCUT2D eigenvalue weighted by molar-refractivity contribution is 6.32. The third kappa shape index (κ3) is 2.59. The fraction of sp³-hybridized carbons (Fsp3) is 0. The molecule has 0 radical (unpaired) electrons. The molecule has 0 spiro atoms. The van der Waals surface area contributed by atoms with E-state index in [4.69, 9.17) is 16.1 Å². The largest absolute Gasteiger partial charge is 0.334 e. The number of benzene rings is 1. The lowest BCUT2D eigenvalue weighted by atomic mass is 10.2. The van der Waals surface area contributed by atoms with E-state index in [-0.39, 0.29) is 16.5 Å². The molecule has 0 saturated carbocycles. The molecule has 0 fully saturated rings. The van der Waals surface area contributed by atoms with E-state index in [2.05, 4.69) is 15.1 Å². The zero-order valence-electron chi connectivity index (χ0n) is 10.4. The Morgan fingerprint density at radius 2 is 1.90 bits per heavy atom. The van der Waals surface area contributed by atoms with Crippen LogP contribution in [-0.4, -0.2) is 20.0 Å². The summed E-state index contributed by atoms with van der Waals surface area (Å²) >= 11 is 5.77. The van der Waals surface area contributed by atoms with E-state index in [1.807, 2.05) is 0 Å². The Balaban J connectivity index is 2.01. The van der Waals surface area contributed by atoms with Crippen molar-refractivity contribution in [1.82, 2.24) is 15.1 Å². The first kappa shape index (κ1) is 13.2. The fourth-order valence-corrected chi connectivity index (χ4v) is 1.93. The molecule has 8 heteroatoms. The summed E-state index contributed by atoms with van der Waals surface area (Å²) in [5.74, 6) is 0.562. The predicted octanol–water partition coefficient (Wildman–Crippen LogP) is 3.36. The summed E-state index contributed by atoms with van der Waals surface area (Å²) in [4.78, 5) is 18.4. The molecule has 2 aromatic heterocycles. The van der Waals surface area contributed by atoms with Crippen molar-refractivity contribution >= 4 is 17.3 Å². The summed E-state index contributed by atoms with van der Waals surface area (Å²) in [7, 11) is 0. The van der Waals surface area contributed by atoms with Gasteiger partial charge in [0, 0.05) is 29.6 Å². The first-order valence-electron chi connectivity index (χ1n) is 5.83. The summed E-state index contributed by atoms with van der Waals surface area (Å²) in [6.07, 6.45) is 3.21. The van der Waals surface area contributed by atoms with Gasteiger partial charge in [-0.3, -0.25) is 15.1 Å². The van der Waals surface area contributed by atoms with E-state index in [0.29, 0.717) is 17.0 Å². The van der Waals surface area contributed by atoms with Crippen LogP contribution >= 0.6 is 11.6 Å². The second-order valence-electron chi connectivity index (χ2n) is 4.08. The van der Waals surface area contributed by atoms with Crippen LogP contribution < -0.4 is 0 Å². The van der Waals surface area contributed by atoms with Crippen LogP contribution in [0.2, 0.25) is 5.02 Å². The Morgan fingerprint density at radius 3 is 2.62 bits per heavy atom. The molecule has 0 bridgehead atoms. The molecule has 21 heavy (non-hydrogen) atoms. The molecule has 104 valence electrons. The number of hydrogen-bond acceptors (Lipinski definition) is 6. The van der Waals surface area contributed by atoms with Gasteiger partial charge in [-0.25, -0.2) is 0 Å². The summed E-state index contributed by atoms with van der Waals surface area (Å²) in [6, 6.07) is 7.78. The molecule has 1 aromatic carbocycles. The van der Waals surface area contributed by atoms with Gasteiger partial charge in [0.05, 0.1) is 4.92 Å². The Hall–Kier alpha value is -2.80. The van der Waals surface area contributed by atoms with Crippen LogP contribution in [-0.2, 0) is 0 Å². The maximum atomic E-state index is 10.9. The van der Waals surface area contributed by atoms with E-state index in [1.165, 1.54) is 12.1 Å². The molecule has 0 atom stereocenters. The summed E-state index contributed by atoms with van der Waals surface area (Å²) in [6.45, 7) is 0. The topological polar surface area (TPSA) is 95.0 Å². The minimum atomic E-state index is -0.560. The van der Waals surface area contributed by atoms with Gasteiger partial charge in [0.1, 0.15) is 5.02 Å². The van der Waals surface area contributed by atoms with Crippen molar-refractivity contribution in [3.63, 3.8) is 0 Å². The van der Waals surface area contributed by atoms with Gasteiger partial charge in [0.25, 0.3) is 11.6 Å². The average molecular weight is 303 g/mol. The summed E-state index contributed by atoms with van der Waals surface area (Å²) in [5.41, 5.74) is 0.965. The van der Waals surface area contributed by atoms with Crippen molar-refractivity contribution < 1.29 is 9.45 Å². The van der Waals surface area contributed by atoms with Crippen LogP contribution in [0.25, 0.3) is 22.8 Å². The van der Waals surface area contributed by atoms with Crippen LogP contribution in [0.4, 0.5) is 5.69 Å². The lowest BCUT2D eigenvalue weighted by Crippen LogP contribution is -1.90. The molecule has 0 aliphatic rings. The molecule has 0 N–H and O–H groups in total. The van der Waals surface area contributed by atoms with Crippen LogP contribution in [0.15, 0.2) is 47.2 Å². The number of pyridine rings is 1. The number of nitro benzene ring substituents is 1. The Kier molecular flexibility index (Phi) is 3.33. The second kappa shape index (κ2) is 5.29. The van der Waals surface area contributed by atoms with Gasteiger partial charge in [-0.05, 0) is 24.3 Å². The molecule has 3 rings (SSSR count). The van der Waals surface area contributed by atoms with E-state index in [1.54, 1.807) is 30.6 Å². The van der Waals surface area contributed by atoms with Crippen molar-refractivity contribution in [2.75, 3.05) is 0 Å². The zero-order valence-corrected chi connectivity index (χ0v) is 11.2. The second-order valence-corrected chi connectivity index (χ2v) is 4.49. The third-order valence-electron chi connectivity index (χ3n) is 2.75. The molecule has 3 aromatic rings. The third-order valence-corrected chi connectivity index (χ3v) is 3.07. The standard InChI is InChI=1S/C13H7ClN4O3/c14-10-2-1-9(7-11(10)18(19)20)12-16-13(21-17-12)8-3-5-15-6-4-8/h1-7H. The van der Waals surface area contributed by atoms with Gasteiger partial charge in [0.2, 0.25) is 5.82 Å². The SMILES string of the molecule is O=[N+]([O-])c1cc(-c2noc(-c3ccncc3)n2)ccc1Cl. The molecule has 0 aliphatic heterocycles. The number of hydrogen-bond donors (Lipinski definition) is 0. The van der Waals surface area contributed by atoms with Gasteiger partial charge in [-0.2, -0.15) is 4.98 Å². The quantitative estimate of drug-likeness (QED) is 0.544. The van der Waals surface area contributed by atoms with E-state index in [0.717, 1.165) is 0 Å². The van der Waals surface area contributed by atoms with Crippen molar-refractivity contribution in [2.24, 2.45) is 0 Å². The molecule has 0 saturated heterocycles. The van der Waals surface area contributed by atoms with Crippen molar-refractivity contribution in [2.45, 2.75) is 0 Å². The van der Waals surface area contributed by atoms with Crippen molar-refractivity contribution in [1.29, 1.82) is 0 Å². The van der Waals surface area contributed by atoms with Gasteiger partial charge in [0.15, 0.2) is 0 Å². The first-order valence-corrected chi connectivity index (χ1v) is 6.21. The predicted molar refractivity (Wildman–Crippen MR) is 74.6 cm³/mol. The first-order chi connectivity index (χ1) is 10.1. The number of rotatable bonds is 3. The number of nitro groups is 1. The minimum absolute atomic E-state index is 0.0570. The number of halogens is 1. The van der Waals surface area contributed by atoms with E-state index >= 15 is 0 Å². The molecular formula is C13H7ClN4O3. The number of aromatic nitrogens is 3. The Morgan fingerprint density at radius 1 is 1.14 bits per heavy atom. The maximum absolute atomic E-state index is 10.9. The van der Waals surface area contributed by atoms with E-state index < -0.39 is 4.92 Å². The van der Waals surface area contributed by atoms with Crippen LogP contribution in [0.1, 0.15) is 0 Å². The van der Waals surface area contributed by atoms with Gasteiger partial charge in [-0.15, -0.1) is 0 Å². The molecule has 0 unspecified atom stereocenters. The fourth-order valence-electron chi connectivity index (χ4n) is 1.74. The van der Waals surface area contributed by atoms with Crippen LogP contribution in [0.5, 0.6) is 0 Å². The molecule has 0 amide bonds. The van der Waals surface area contributed by atoms with Gasteiger partial charge in [-0.1, -0.05) is 16.8 Å². The lowest BCUT2D eigenvalue weighted by molar-refractivity contribution is -0.384. The Labute approximate surface area is 123 Å². The maximum Gasteiger partial charge on any atom is 0.288 e. The monoisotopic (exact) mass is 302 g/mol. The average Bonchev–Trinajstić information content (AvgIpc) is 2.98.